The SMILES string of the molecule is OC(CCl)CC(c1ccccc1)(c1ccccc1)c1ccccc1. The molecular formula is C22H21ClO. The van der Waals surface area contributed by atoms with Crippen LogP contribution < -0.4 is 0 Å². The molecule has 1 unspecified atom stereocenters. The van der Waals surface area contributed by atoms with Crippen molar-refractivity contribution in [2.24, 2.45) is 0 Å². The van der Waals surface area contributed by atoms with Gasteiger partial charge >= 0.3 is 0 Å². The van der Waals surface area contributed by atoms with E-state index < -0.39 is 11.5 Å². The molecule has 122 valence electrons. The number of alkyl halides is 1. The van der Waals surface area contributed by atoms with Gasteiger partial charge in [0.15, 0.2) is 0 Å². The van der Waals surface area contributed by atoms with Crippen molar-refractivity contribution in [2.75, 3.05) is 5.88 Å². The van der Waals surface area contributed by atoms with E-state index in [0.717, 1.165) is 16.7 Å². The third kappa shape index (κ3) is 3.24. The molecule has 2 heteroatoms. The number of halogens is 1. The summed E-state index contributed by atoms with van der Waals surface area (Å²) in [6.07, 6.45) is -0.0542. The van der Waals surface area contributed by atoms with E-state index in [2.05, 4.69) is 36.4 Å². The number of rotatable bonds is 6. The van der Waals surface area contributed by atoms with Crippen LogP contribution in [0.1, 0.15) is 23.1 Å². The summed E-state index contributed by atoms with van der Waals surface area (Å²) >= 11 is 5.97. The lowest BCUT2D eigenvalue weighted by Crippen LogP contribution is -2.34. The molecule has 3 aromatic rings. The van der Waals surface area contributed by atoms with Crippen molar-refractivity contribution in [3.8, 4) is 0 Å². The highest BCUT2D eigenvalue weighted by Crippen LogP contribution is 2.43. The second-order valence-corrected chi connectivity index (χ2v) is 6.32. The van der Waals surface area contributed by atoms with E-state index in [-0.39, 0.29) is 5.88 Å². The van der Waals surface area contributed by atoms with E-state index in [0.29, 0.717) is 6.42 Å². The van der Waals surface area contributed by atoms with Crippen LogP contribution in [0.5, 0.6) is 0 Å². The van der Waals surface area contributed by atoms with Crippen LogP contribution >= 0.6 is 11.6 Å². The molecule has 0 aliphatic heterocycles. The largest absolute Gasteiger partial charge is 0.392 e. The summed E-state index contributed by atoms with van der Waals surface area (Å²) < 4.78 is 0. The minimum atomic E-state index is -0.590. The molecule has 1 nitrogen and oxygen atoms in total. The van der Waals surface area contributed by atoms with E-state index in [1.54, 1.807) is 0 Å². The number of aliphatic hydroxyl groups is 1. The van der Waals surface area contributed by atoms with Crippen LogP contribution in [0, 0.1) is 0 Å². The first kappa shape index (κ1) is 16.8. The molecular weight excluding hydrogens is 316 g/mol. The predicted octanol–water partition coefficient (Wildman–Crippen LogP) is 5.01. The van der Waals surface area contributed by atoms with Crippen molar-refractivity contribution in [3.05, 3.63) is 108 Å². The van der Waals surface area contributed by atoms with E-state index in [1.807, 2.05) is 54.6 Å². The minimum Gasteiger partial charge on any atom is -0.392 e. The zero-order chi connectivity index (χ0) is 16.8. The van der Waals surface area contributed by atoms with Crippen molar-refractivity contribution in [1.29, 1.82) is 0 Å². The Bertz CT molecular complexity index is 644. The van der Waals surface area contributed by atoms with E-state index >= 15 is 0 Å². The molecule has 1 N–H and O–H groups in total. The van der Waals surface area contributed by atoms with Gasteiger partial charge in [0.1, 0.15) is 0 Å². The molecule has 24 heavy (non-hydrogen) atoms. The van der Waals surface area contributed by atoms with E-state index in [4.69, 9.17) is 11.6 Å². The van der Waals surface area contributed by atoms with Crippen molar-refractivity contribution in [1.82, 2.24) is 0 Å². The smallest absolute Gasteiger partial charge is 0.0690 e. The average Bonchev–Trinajstić information content (AvgIpc) is 2.68. The van der Waals surface area contributed by atoms with Gasteiger partial charge in [-0.1, -0.05) is 91.0 Å². The number of aliphatic hydroxyl groups excluding tert-OH is 1. The summed E-state index contributed by atoms with van der Waals surface area (Å²) in [6, 6.07) is 31.1. The Morgan fingerprint density at radius 3 is 1.29 bits per heavy atom. The molecule has 0 amide bonds. The van der Waals surface area contributed by atoms with Gasteiger partial charge in [0.25, 0.3) is 0 Å². The third-order valence-corrected chi connectivity index (χ3v) is 4.88. The monoisotopic (exact) mass is 336 g/mol. The number of hydrogen-bond acceptors (Lipinski definition) is 1. The summed E-state index contributed by atoms with van der Waals surface area (Å²) in [6.45, 7) is 0. The first-order valence-corrected chi connectivity index (χ1v) is 8.71. The summed E-state index contributed by atoms with van der Waals surface area (Å²) in [5.74, 6) is 0.217. The molecule has 0 aromatic heterocycles. The average molecular weight is 337 g/mol. The molecule has 3 rings (SSSR count). The van der Waals surface area contributed by atoms with Crippen LogP contribution in [0.4, 0.5) is 0 Å². The summed E-state index contributed by atoms with van der Waals surface area (Å²) in [7, 11) is 0. The van der Waals surface area contributed by atoms with Crippen molar-refractivity contribution in [2.45, 2.75) is 17.9 Å². The Balaban J connectivity index is 2.28. The molecule has 0 spiro atoms. The molecule has 0 heterocycles. The maximum atomic E-state index is 10.4. The molecule has 0 radical (unpaired) electrons. The van der Waals surface area contributed by atoms with Gasteiger partial charge in [-0.15, -0.1) is 11.6 Å². The molecule has 3 aromatic carbocycles. The second-order valence-electron chi connectivity index (χ2n) is 6.02. The Kier molecular flexibility index (Phi) is 5.34. The Labute approximate surface area is 148 Å². The molecule has 0 bridgehead atoms. The molecule has 1 atom stereocenters. The maximum Gasteiger partial charge on any atom is 0.0690 e. The van der Waals surface area contributed by atoms with Crippen LogP contribution in [0.15, 0.2) is 91.0 Å². The van der Waals surface area contributed by atoms with E-state index in [9.17, 15) is 5.11 Å². The zero-order valence-electron chi connectivity index (χ0n) is 13.5. The van der Waals surface area contributed by atoms with Gasteiger partial charge in [-0.25, -0.2) is 0 Å². The first-order chi connectivity index (χ1) is 11.8. The standard InChI is InChI=1S/C22H21ClO/c23-17-21(24)16-22(18-10-4-1-5-11-18,19-12-6-2-7-13-19)20-14-8-3-9-15-20/h1-15,21,24H,16-17H2. The molecule has 0 aliphatic carbocycles. The predicted molar refractivity (Wildman–Crippen MR) is 101 cm³/mol. The third-order valence-electron chi connectivity index (χ3n) is 4.52. The van der Waals surface area contributed by atoms with Crippen LogP contribution in [-0.2, 0) is 5.41 Å². The fourth-order valence-electron chi connectivity index (χ4n) is 3.43. The van der Waals surface area contributed by atoms with Crippen LogP contribution in [0.3, 0.4) is 0 Å². The molecule has 0 aliphatic rings. The van der Waals surface area contributed by atoms with Gasteiger partial charge in [0, 0.05) is 11.3 Å². The molecule has 0 saturated carbocycles. The topological polar surface area (TPSA) is 20.2 Å². The van der Waals surface area contributed by atoms with Gasteiger partial charge in [-0.2, -0.15) is 0 Å². The van der Waals surface area contributed by atoms with Gasteiger partial charge in [0.05, 0.1) is 6.10 Å². The summed E-state index contributed by atoms with van der Waals surface area (Å²) in [5.41, 5.74) is 3.04. The van der Waals surface area contributed by atoms with Gasteiger partial charge in [-0.05, 0) is 23.1 Å². The van der Waals surface area contributed by atoms with Gasteiger partial charge < -0.3 is 5.11 Å². The van der Waals surface area contributed by atoms with Crippen LogP contribution in [0.2, 0.25) is 0 Å². The first-order valence-electron chi connectivity index (χ1n) is 8.18. The number of hydrogen-bond donors (Lipinski definition) is 1. The van der Waals surface area contributed by atoms with Crippen LogP contribution in [-0.4, -0.2) is 17.1 Å². The fraction of sp³-hybridized carbons (Fsp3) is 0.182. The Morgan fingerprint density at radius 1 is 0.667 bits per heavy atom. The van der Waals surface area contributed by atoms with Crippen molar-refractivity contribution < 1.29 is 5.11 Å². The zero-order valence-corrected chi connectivity index (χ0v) is 14.2. The van der Waals surface area contributed by atoms with Crippen molar-refractivity contribution >= 4 is 11.6 Å². The fourth-order valence-corrected chi connectivity index (χ4v) is 3.54. The number of benzene rings is 3. The minimum absolute atomic E-state index is 0.217. The lowest BCUT2D eigenvalue weighted by atomic mass is 9.66. The lowest BCUT2D eigenvalue weighted by Gasteiger charge is -2.37. The summed E-state index contributed by atoms with van der Waals surface area (Å²) in [5, 5.41) is 10.4. The molecule has 0 saturated heterocycles. The Hall–Kier alpha value is -2.09. The quantitative estimate of drug-likeness (QED) is 0.495. The highest BCUT2D eigenvalue weighted by Gasteiger charge is 2.37. The molecule has 0 fully saturated rings. The maximum absolute atomic E-state index is 10.4. The highest BCUT2D eigenvalue weighted by molar-refractivity contribution is 6.18. The van der Waals surface area contributed by atoms with Crippen LogP contribution in [0.25, 0.3) is 0 Å². The summed E-state index contributed by atoms with van der Waals surface area (Å²) in [4.78, 5) is 0. The second kappa shape index (κ2) is 7.65. The van der Waals surface area contributed by atoms with Gasteiger partial charge in [-0.3, -0.25) is 0 Å². The highest BCUT2D eigenvalue weighted by atomic mass is 35.5. The van der Waals surface area contributed by atoms with Crippen molar-refractivity contribution in [3.63, 3.8) is 0 Å². The lowest BCUT2D eigenvalue weighted by molar-refractivity contribution is 0.169. The van der Waals surface area contributed by atoms with E-state index in [1.165, 1.54) is 0 Å². The normalized spacial score (nSPS) is 12.8. The Morgan fingerprint density at radius 2 is 1.00 bits per heavy atom. The van der Waals surface area contributed by atoms with Gasteiger partial charge in [0.2, 0.25) is 0 Å².